The van der Waals surface area contributed by atoms with Gasteiger partial charge < -0.3 is 9.84 Å². The molecule has 0 bridgehead atoms. The van der Waals surface area contributed by atoms with Crippen molar-refractivity contribution in [3.8, 4) is 5.75 Å². The van der Waals surface area contributed by atoms with Gasteiger partial charge in [-0.15, -0.1) is 11.3 Å². The van der Waals surface area contributed by atoms with Crippen molar-refractivity contribution in [2.45, 2.75) is 0 Å². The minimum Gasteiger partial charge on any atom is -0.479 e. The van der Waals surface area contributed by atoms with E-state index in [2.05, 4.69) is 0 Å². The fourth-order valence-electron chi connectivity index (χ4n) is 0.523. The molecule has 0 saturated heterocycles. The summed E-state index contributed by atoms with van der Waals surface area (Å²) in [5.74, 6) is -0.577. The lowest BCUT2D eigenvalue weighted by molar-refractivity contribution is -0.139. The Morgan fingerprint density at radius 2 is 2.55 bits per heavy atom. The van der Waals surface area contributed by atoms with Gasteiger partial charge in [0.05, 0.1) is 0 Å². The van der Waals surface area contributed by atoms with Gasteiger partial charge in [0, 0.05) is 0 Å². The van der Waals surface area contributed by atoms with Gasteiger partial charge in [-0.1, -0.05) is 11.6 Å². The van der Waals surface area contributed by atoms with Crippen molar-refractivity contribution in [1.82, 2.24) is 0 Å². The van der Waals surface area contributed by atoms with E-state index in [-0.39, 0.29) is 6.61 Å². The van der Waals surface area contributed by atoms with Crippen molar-refractivity contribution >= 4 is 28.9 Å². The van der Waals surface area contributed by atoms with Gasteiger partial charge >= 0.3 is 5.97 Å². The molecule has 0 spiro atoms. The molecule has 3 nitrogen and oxygen atoms in total. The standard InChI is InChI=1S/C6H5ClO3S/c7-6-4(1-2-11-6)10-3-5(8)9/h1-2H,3H2,(H,8,9). The largest absolute Gasteiger partial charge is 0.479 e. The molecule has 0 aromatic carbocycles. The molecule has 11 heavy (non-hydrogen) atoms. The summed E-state index contributed by atoms with van der Waals surface area (Å²) in [7, 11) is 0. The first-order chi connectivity index (χ1) is 5.20. The third kappa shape index (κ3) is 2.40. The molecule has 0 aliphatic heterocycles. The number of halogens is 1. The summed E-state index contributed by atoms with van der Waals surface area (Å²) < 4.78 is 5.30. The van der Waals surface area contributed by atoms with E-state index in [1.807, 2.05) is 0 Å². The van der Waals surface area contributed by atoms with Gasteiger partial charge in [-0.3, -0.25) is 0 Å². The zero-order valence-electron chi connectivity index (χ0n) is 5.41. The van der Waals surface area contributed by atoms with Gasteiger partial charge in [0.25, 0.3) is 0 Å². The molecule has 1 N–H and O–H groups in total. The molecule has 5 heteroatoms. The predicted octanol–water partition coefficient (Wildman–Crippen LogP) is 1.86. The number of rotatable bonds is 3. The molecular formula is C6H5ClO3S. The van der Waals surface area contributed by atoms with Gasteiger partial charge in [0.2, 0.25) is 0 Å². The van der Waals surface area contributed by atoms with E-state index in [1.54, 1.807) is 11.4 Å². The third-order valence-electron chi connectivity index (χ3n) is 0.936. The number of hydrogen-bond donors (Lipinski definition) is 1. The number of carboxylic acids is 1. The van der Waals surface area contributed by atoms with Crippen LogP contribution in [-0.4, -0.2) is 17.7 Å². The van der Waals surface area contributed by atoms with E-state index in [9.17, 15) is 4.79 Å². The third-order valence-corrected chi connectivity index (χ3v) is 2.07. The first-order valence-electron chi connectivity index (χ1n) is 2.77. The summed E-state index contributed by atoms with van der Waals surface area (Å²) >= 11 is 6.93. The van der Waals surface area contributed by atoms with Crippen molar-refractivity contribution in [2.75, 3.05) is 6.61 Å². The summed E-state index contributed by atoms with van der Waals surface area (Å²) in [5, 5.41) is 9.97. The second kappa shape index (κ2) is 3.59. The second-order valence-electron chi connectivity index (χ2n) is 1.74. The van der Waals surface area contributed by atoms with Crippen LogP contribution in [0.1, 0.15) is 0 Å². The zero-order chi connectivity index (χ0) is 8.27. The summed E-state index contributed by atoms with van der Waals surface area (Å²) in [6.07, 6.45) is 0. The highest BCUT2D eigenvalue weighted by molar-refractivity contribution is 7.14. The van der Waals surface area contributed by atoms with Crippen LogP contribution in [0, 0.1) is 0 Å². The van der Waals surface area contributed by atoms with Crippen LogP contribution in [0.4, 0.5) is 0 Å². The van der Waals surface area contributed by atoms with Crippen LogP contribution in [0.2, 0.25) is 4.34 Å². The lowest BCUT2D eigenvalue weighted by Crippen LogP contribution is -2.08. The van der Waals surface area contributed by atoms with Gasteiger partial charge in [-0.2, -0.15) is 0 Å². The average molecular weight is 193 g/mol. The molecule has 0 aliphatic rings. The molecule has 60 valence electrons. The van der Waals surface area contributed by atoms with Gasteiger partial charge in [-0.05, 0) is 11.4 Å². The predicted molar refractivity (Wildman–Crippen MR) is 42.5 cm³/mol. The monoisotopic (exact) mass is 192 g/mol. The molecule has 0 unspecified atom stereocenters. The highest BCUT2D eigenvalue weighted by Crippen LogP contribution is 2.29. The molecule has 0 amide bonds. The molecule has 1 aromatic heterocycles. The summed E-state index contributed by atoms with van der Waals surface area (Å²) in [5.41, 5.74) is 0. The van der Waals surface area contributed by atoms with Crippen LogP contribution in [0.25, 0.3) is 0 Å². The Kier molecular flexibility index (Phi) is 2.73. The number of ether oxygens (including phenoxy) is 1. The Morgan fingerprint density at radius 3 is 3.00 bits per heavy atom. The number of carbonyl (C=O) groups is 1. The fourth-order valence-corrected chi connectivity index (χ4v) is 1.35. The quantitative estimate of drug-likeness (QED) is 0.795. The number of hydrogen-bond acceptors (Lipinski definition) is 3. The van der Waals surface area contributed by atoms with Crippen molar-refractivity contribution in [1.29, 1.82) is 0 Å². The van der Waals surface area contributed by atoms with Crippen molar-refractivity contribution in [2.24, 2.45) is 0 Å². The van der Waals surface area contributed by atoms with Crippen LogP contribution in [0.3, 0.4) is 0 Å². The topological polar surface area (TPSA) is 46.5 Å². The normalized spacial score (nSPS) is 9.55. The van der Waals surface area contributed by atoms with E-state index in [4.69, 9.17) is 21.4 Å². The second-order valence-corrected chi connectivity index (χ2v) is 3.26. The van der Waals surface area contributed by atoms with Crippen LogP contribution in [0.15, 0.2) is 11.4 Å². The summed E-state index contributed by atoms with van der Waals surface area (Å²) in [6.45, 7) is -0.351. The van der Waals surface area contributed by atoms with Crippen molar-refractivity contribution < 1.29 is 14.6 Å². The Labute approximate surface area is 72.2 Å². The zero-order valence-corrected chi connectivity index (χ0v) is 6.98. The van der Waals surface area contributed by atoms with E-state index in [0.29, 0.717) is 10.1 Å². The first kappa shape index (κ1) is 8.36. The Bertz CT molecular complexity index is 258. The van der Waals surface area contributed by atoms with Crippen molar-refractivity contribution in [3.63, 3.8) is 0 Å². The molecular weight excluding hydrogens is 188 g/mol. The van der Waals surface area contributed by atoms with Crippen LogP contribution in [-0.2, 0) is 4.79 Å². The minimum absolute atomic E-state index is 0.351. The Balaban J connectivity index is 2.51. The van der Waals surface area contributed by atoms with Crippen LogP contribution < -0.4 is 4.74 Å². The van der Waals surface area contributed by atoms with Gasteiger partial charge in [0.1, 0.15) is 10.1 Å². The molecule has 0 fully saturated rings. The number of carboxylic acid groups (broad SMARTS) is 1. The Morgan fingerprint density at radius 1 is 1.82 bits per heavy atom. The smallest absolute Gasteiger partial charge is 0.341 e. The van der Waals surface area contributed by atoms with E-state index in [1.165, 1.54) is 11.3 Å². The lowest BCUT2D eigenvalue weighted by Gasteiger charge is -1.98. The van der Waals surface area contributed by atoms with E-state index >= 15 is 0 Å². The maximum atomic E-state index is 10.0. The number of thiophene rings is 1. The summed E-state index contributed by atoms with van der Waals surface area (Å²) in [6, 6.07) is 1.63. The fraction of sp³-hybridized carbons (Fsp3) is 0.167. The van der Waals surface area contributed by atoms with Crippen LogP contribution in [0.5, 0.6) is 5.75 Å². The van der Waals surface area contributed by atoms with Crippen LogP contribution >= 0.6 is 22.9 Å². The number of aliphatic carboxylic acids is 1. The highest BCUT2D eigenvalue weighted by Gasteiger charge is 2.03. The molecule has 1 aromatic rings. The average Bonchev–Trinajstić information content (AvgIpc) is 2.31. The van der Waals surface area contributed by atoms with Gasteiger partial charge in [0.15, 0.2) is 6.61 Å². The van der Waals surface area contributed by atoms with Crippen molar-refractivity contribution in [3.05, 3.63) is 15.8 Å². The SMILES string of the molecule is O=C(O)COc1ccsc1Cl. The molecule has 0 saturated carbocycles. The van der Waals surface area contributed by atoms with Gasteiger partial charge in [-0.25, -0.2) is 4.79 Å². The minimum atomic E-state index is -1.01. The lowest BCUT2D eigenvalue weighted by atomic mass is 10.6. The summed E-state index contributed by atoms with van der Waals surface area (Å²) in [4.78, 5) is 10.0. The maximum absolute atomic E-state index is 10.0. The molecule has 1 heterocycles. The molecule has 0 aliphatic carbocycles. The Hall–Kier alpha value is -0.740. The first-order valence-corrected chi connectivity index (χ1v) is 4.03. The molecule has 1 rings (SSSR count). The van der Waals surface area contributed by atoms with E-state index < -0.39 is 5.97 Å². The van der Waals surface area contributed by atoms with E-state index in [0.717, 1.165) is 0 Å². The maximum Gasteiger partial charge on any atom is 0.341 e. The molecule has 0 atom stereocenters. The highest BCUT2D eigenvalue weighted by atomic mass is 35.5. The molecule has 0 radical (unpaired) electrons.